The quantitative estimate of drug-likeness (QED) is 0.705. The van der Waals surface area contributed by atoms with Crippen molar-refractivity contribution in [2.75, 3.05) is 11.9 Å². The molecule has 2 amide bonds. The SMILES string of the molecule is O=C(O)CNC(=O)Nc1ccc(F)c(F)c1F. The van der Waals surface area contributed by atoms with Crippen molar-refractivity contribution in [2.24, 2.45) is 0 Å². The smallest absolute Gasteiger partial charge is 0.323 e. The van der Waals surface area contributed by atoms with Crippen LogP contribution in [0.3, 0.4) is 0 Å². The molecule has 0 aliphatic carbocycles. The normalized spacial score (nSPS) is 9.82. The highest BCUT2D eigenvalue weighted by Gasteiger charge is 2.15. The first-order valence-corrected chi connectivity index (χ1v) is 4.32. The Hall–Kier alpha value is -2.25. The summed E-state index contributed by atoms with van der Waals surface area (Å²) in [6.45, 7) is -0.683. The maximum atomic E-state index is 13.0. The molecule has 0 aliphatic rings. The molecule has 1 aromatic carbocycles. The van der Waals surface area contributed by atoms with Gasteiger partial charge in [0, 0.05) is 0 Å². The van der Waals surface area contributed by atoms with Gasteiger partial charge in [-0.1, -0.05) is 0 Å². The van der Waals surface area contributed by atoms with Crippen LogP contribution in [0.4, 0.5) is 23.7 Å². The summed E-state index contributed by atoms with van der Waals surface area (Å²) in [5.74, 6) is -5.97. The number of hydrogen-bond acceptors (Lipinski definition) is 2. The molecule has 1 aromatic rings. The van der Waals surface area contributed by atoms with E-state index in [1.54, 1.807) is 0 Å². The number of hydrogen-bond donors (Lipinski definition) is 3. The minimum absolute atomic E-state index is 0.591. The molecule has 0 fully saturated rings. The van der Waals surface area contributed by atoms with Crippen LogP contribution in [0.2, 0.25) is 0 Å². The Kier molecular flexibility index (Phi) is 3.91. The maximum Gasteiger partial charge on any atom is 0.323 e. The first-order chi connectivity index (χ1) is 7.91. The van der Waals surface area contributed by atoms with Crippen LogP contribution in [0.15, 0.2) is 12.1 Å². The second kappa shape index (κ2) is 5.19. The standard InChI is InChI=1S/C9H7F3N2O3/c10-4-1-2-5(8(12)7(4)11)14-9(17)13-3-6(15)16/h1-2H,3H2,(H,15,16)(H2,13,14,17). The summed E-state index contributed by atoms with van der Waals surface area (Å²) in [4.78, 5) is 21.1. The van der Waals surface area contributed by atoms with Crippen LogP contribution in [0.5, 0.6) is 0 Å². The van der Waals surface area contributed by atoms with Gasteiger partial charge in [0.15, 0.2) is 17.5 Å². The lowest BCUT2D eigenvalue weighted by molar-refractivity contribution is -0.135. The Labute approximate surface area is 93.2 Å². The molecule has 0 atom stereocenters. The average molecular weight is 248 g/mol. The third kappa shape index (κ3) is 3.37. The first kappa shape index (κ1) is 12.8. The molecule has 0 radical (unpaired) electrons. The number of carbonyl (C=O) groups excluding carboxylic acids is 1. The zero-order valence-corrected chi connectivity index (χ0v) is 8.26. The molecule has 0 unspecified atom stereocenters. The molecule has 0 spiro atoms. The van der Waals surface area contributed by atoms with Gasteiger partial charge in [0.1, 0.15) is 6.54 Å². The largest absolute Gasteiger partial charge is 0.480 e. The molecule has 17 heavy (non-hydrogen) atoms. The number of aliphatic carboxylic acids is 1. The predicted octanol–water partition coefficient (Wildman–Crippen LogP) is 1.31. The highest BCUT2D eigenvalue weighted by atomic mass is 19.2. The highest BCUT2D eigenvalue weighted by molar-refractivity contribution is 5.91. The minimum atomic E-state index is -1.72. The van der Waals surface area contributed by atoms with Gasteiger partial charge in [-0.3, -0.25) is 4.79 Å². The van der Waals surface area contributed by atoms with Gasteiger partial charge in [0.05, 0.1) is 5.69 Å². The van der Waals surface area contributed by atoms with Gasteiger partial charge in [-0.05, 0) is 12.1 Å². The summed E-state index contributed by atoms with van der Waals surface area (Å²) in [7, 11) is 0. The topological polar surface area (TPSA) is 78.4 Å². The zero-order chi connectivity index (χ0) is 13.0. The molecule has 1 rings (SSSR count). The fourth-order valence-corrected chi connectivity index (χ4v) is 0.945. The van der Waals surface area contributed by atoms with Crippen molar-refractivity contribution in [1.29, 1.82) is 0 Å². The van der Waals surface area contributed by atoms with Crippen LogP contribution < -0.4 is 10.6 Å². The Balaban J connectivity index is 2.72. The summed E-state index contributed by atoms with van der Waals surface area (Å²) >= 11 is 0. The number of carbonyl (C=O) groups is 2. The van der Waals surface area contributed by atoms with Gasteiger partial charge in [0.2, 0.25) is 0 Å². The number of rotatable bonds is 3. The van der Waals surface area contributed by atoms with Crippen molar-refractivity contribution < 1.29 is 27.9 Å². The average Bonchev–Trinajstić information content (AvgIpc) is 2.27. The number of anilines is 1. The van der Waals surface area contributed by atoms with E-state index in [0.29, 0.717) is 6.07 Å². The zero-order valence-electron chi connectivity index (χ0n) is 8.26. The Morgan fingerprint density at radius 3 is 2.41 bits per heavy atom. The third-order valence-electron chi connectivity index (χ3n) is 1.68. The fourth-order valence-electron chi connectivity index (χ4n) is 0.945. The molecule has 0 saturated heterocycles. The van der Waals surface area contributed by atoms with Gasteiger partial charge in [-0.15, -0.1) is 0 Å². The molecular weight excluding hydrogens is 241 g/mol. The summed E-state index contributed by atoms with van der Waals surface area (Å²) in [5.41, 5.74) is -0.591. The van der Waals surface area contributed by atoms with Crippen molar-refractivity contribution in [3.63, 3.8) is 0 Å². The van der Waals surface area contributed by atoms with E-state index in [1.807, 2.05) is 10.6 Å². The van der Waals surface area contributed by atoms with E-state index >= 15 is 0 Å². The Morgan fingerprint density at radius 1 is 1.18 bits per heavy atom. The second-order valence-electron chi connectivity index (χ2n) is 2.92. The lowest BCUT2D eigenvalue weighted by atomic mass is 10.3. The van der Waals surface area contributed by atoms with Crippen molar-refractivity contribution in [1.82, 2.24) is 5.32 Å². The van der Waals surface area contributed by atoms with E-state index in [2.05, 4.69) is 0 Å². The van der Waals surface area contributed by atoms with Crippen LogP contribution in [0.1, 0.15) is 0 Å². The predicted molar refractivity (Wildman–Crippen MR) is 51.0 cm³/mol. The number of urea groups is 1. The van der Waals surface area contributed by atoms with E-state index < -0.39 is 41.7 Å². The summed E-state index contributed by atoms with van der Waals surface area (Å²) < 4.78 is 38.3. The van der Waals surface area contributed by atoms with Gasteiger partial charge >= 0.3 is 12.0 Å². The molecule has 3 N–H and O–H groups in total. The number of benzene rings is 1. The Bertz CT molecular complexity index is 465. The lowest BCUT2D eigenvalue weighted by Gasteiger charge is -2.07. The maximum absolute atomic E-state index is 13.0. The van der Waals surface area contributed by atoms with Gasteiger partial charge in [-0.25, -0.2) is 18.0 Å². The van der Waals surface area contributed by atoms with Crippen LogP contribution in [0.25, 0.3) is 0 Å². The molecule has 0 heterocycles. The molecule has 5 nitrogen and oxygen atoms in total. The molecule has 0 bridgehead atoms. The van der Waals surface area contributed by atoms with Gasteiger partial charge in [0.25, 0.3) is 0 Å². The molecule has 0 aromatic heterocycles. The van der Waals surface area contributed by atoms with E-state index in [1.165, 1.54) is 0 Å². The van der Waals surface area contributed by atoms with E-state index in [0.717, 1.165) is 6.07 Å². The summed E-state index contributed by atoms with van der Waals surface area (Å²) in [6.07, 6.45) is 0. The summed E-state index contributed by atoms with van der Waals surface area (Å²) in [5, 5.41) is 11.9. The molecule has 92 valence electrons. The van der Waals surface area contributed by atoms with Crippen LogP contribution in [-0.4, -0.2) is 23.7 Å². The lowest BCUT2D eigenvalue weighted by Crippen LogP contribution is -2.33. The molecule has 8 heteroatoms. The number of amides is 2. The van der Waals surface area contributed by atoms with Crippen LogP contribution in [-0.2, 0) is 4.79 Å². The Morgan fingerprint density at radius 2 is 1.82 bits per heavy atom. The second-order valence-corrected chi connectivity index (χ2v) is 2.92. The third-order valence-corrected chi connectivity index (χ3v) is 1.68. The van der Waals surface area contributed by atoms with Crippen LogP contribution in [0, 0.1) is 17.5 Å². The van der Waals surface area contributed by atoms with E-state index in [4.69, 9.17) is 5.11 Å². The number of nitrogens with one attached hydrogen (secondary N) is 2. The first-order valence-electron chi connectivity index (χ1n) is 4.32. The van der Waals surface area contributed by atoms with Crippen molar-refractivity contribution in [3.05, 3.63) is 29.6 Å². The van der Waals surface area contributed by atoms with Gasteiger partial charge in [-0.2, -0.15) is 0 Å². The van der Waals surface area contributed by atoms with E-state index in [9.17, 15) is 22.8 Å². The molecule has 0 saturated carbocycles. The number of carboxylic acid groups (broad SMARTS) is 1. The minimum Gasteiger partial charge on any atom is -0.480 e. The number of halogens is 3. The fraction of sp³-hybridized carbons (Fsp3) is 0.111. The monoisotopic (exact) mass is 248 g/mol. The van der Waals surface area contributed by atoms with Crippen LogP contribution >= 0.6 is 0 Å². The van der Waals surface area contributed by atoms with E-state index in [-0.39, 0.29) is 0 Å². The molecule has 0 aliphatic heterocycles. The van der Waals surface area contributed by atoms with Crippen molar-refractivity contribution in [3.8, 4) is 0 Å². The molecular formula is C9H7F3N2O3. The van der Waals surface area contributed by atoms with Crippen molar-refractivity contribution in [2.45, 2.75) is 0 Å². The highest BCUT2D eigenvalue weighted by Crippen LogP contribution is 2.19. The summed E-state index contributed by atoms with van der Waals surface area (Å²) in [6, 6.07) is 0.400. The van der Waals surface area contributed by atoms with Gasteiger partial charge < -0.3 is 15.7 Å². The van der Waals surface area contributed by atoms with Crippen molar-refractivity contribution >= 4 is 17.7 Å². The number of carboxylic acids is 1.